The van der Waals surface area contributed by atoms with Crippen molar-refractivity contribution in [3.05, 3.63) is 35.9 Å². The van der Waals surface area contributed by atoms with Crippen LogP contribution in [0, 0.1) is 0 Å². The maximum Gasteiger partial charge on any atom is 0.229 e. The van der Waals surface area contributed by atoms with Gasteiger partial charge in [0.15, 0.2) is 5.75 Å². The summed E-state index contributed by atoms with van der Waals surface area (Å²) < 4.78 is 7.76. The van der Waals surface area contributed by atoms with E-state index in [1.165, 1.54) is 0 Å². The molecule has 30 heavy (non-hydrogen) atoms. The fraction of sp³-hybridized carbons (Fsp3) is 0.429. The van der Waals surface area contributed by atoms with E-state index in [9.17, 15) is 0 Å². The molecule has 0 aliphatic carbocycles. The summed E-state index contributed by atoms with van der Waals surface area (Å²) in [6.45, 7) is 8.75. The number of nitrogens with zero attached hydrogens (tertiary/aromatic N) is 6. The fourth-order valence-corrected chi connectivity index (χ4v) is 4.16. The second kappa shape index (κ2) is 7.56. The molecule has 9 heteroatoms. The Hall–Kier alpha value is -3.20. The van der Waals surface area contributed by atoms with E-state index in [4.69, 9.17) is 9.72 Å². The zero-order valence-electron chi connectivity index (χ0n) is 17.5. The van der Waals surface area contributed by atoms with Crippen molar-refractivity contribution in [3.63, 3.8) is 0 Å². The number of ether oxygens (including phenoxy) is 1. The normalized spacial score (nSPS) is 15.5. The van der Waals surface area contributed by atoms with Gasteiger partial charge in [-0.05, 0) is 18.1 Å². The molecule has 156 valence electrons. The molecule has 5 heterocycles. The number of aromatic nitrogens is 5. The lowest BCUT2D eigenvalue weighted by molar-refractivity contribution is 0.293. The first-order valence-electron chi connectivity index (χ1n) is 10.3. The summed E-state index contributed by atoms with van der Waals surface area (Å²) in [6.07, 6.45) is 3.62. The number of nitrogens with one attached hydrogen (secondary N) is 2. The van der Waals surface area contributed by atoms with Gasteiger partial charge in [-0.2, -0.15) is 5.10 Å². The summed E-state index contributed by atoms with van der Waals surface area (Å²) in [5.41, 5.74) is 5.03. The number of piperazine rings is 1. The highest BCUT2D eigenvalue weighted by molar-refractivity contribution is 5.74. The smallest absolute Gasteiger partial charge is 0.229 e. The van der Waals surface area contributed by atoms with Gasteiger partial charge in [-0.15, -0.1) is 0 Å². The maximum atomic E-state index is 5.83. The van der Waals surface area contributed by atoms with E-state index < -0.39 is 0 Å². The van der Waals surface area contributed by atoms with E-state index in [2.05, 4.69) is 50.5 Å². The zero-order valence-corrected chi connectivity index (χ0v) is 17.5. The summed E-state index contributed by atoms with van der Waals surface area (Å²) >= 11 is 0. The van der Waals surface area contributed by atoms with Gasteiger partial charge in [-0.25, -0.2) is 15.0 Å². The van der Waals surface area contributed by atoms with Crippen LogP contribution in [-0.4, -0.2) is 50.9 Å². The van der Waals surface area contributed by atoms with Crippen LogP contribution in [0.25, 0.3) is 11.3 Å². The molecule has 0 aromatic carbocycles. The molecule has 5 rings (SSSR count). The lowest BCUT2D eigenvalue weighted by Crippen LogP contribution is -2.43. The van der Waals surface area contributed by atoms with Crippen LogP contribution >= 0.6 is 0 Å². The third-order valence-electron chi connectivity index (χ3n) is 5.54. The predicted octanol–water partition coefficient (Wildman–Crippen LogP) is 2.44. The fourth-order valence-electron chi connectivity index (χ4n) is 4.16. The van der Waals surface area contributed by atoms with Crippen LogP contribution < -0.4 is 20.3 Å². The molecule has 2 N–H and O–H groups in total. The van der Waals surface area contributed by atoms with Crippen LogP contribution in [0.4, 0.5) is 17.5 Å². The number of hydrogen-bond donors (Lipinski definition) is 2. The van der Waals surface area contributed by atoms with Crippen molar-refractivity contribution in [2.45, 2.75) is 26.4 Å². The highest BCUT2D eigenvalue weighted by atomic mass is 16.5. The molecule has 3 aromatic heterocycles. The monoisotopic (exact) mass is 406 g/mol. The van der Waals surface area contributed by atoms with Crippen LogP contribution in [0.1, 0.15) is 31.2 Å². The number of aryl methyl sites for hydroxylation is 1. The van der Waals surface area contributed by atoms with E-state index >= 15 is 0 Å². The number of rotatable bonds is 4. The molecular weight excluding hydrogens is 380 g/mol. The quantitative estimate of drug-likeness (QED) is 0.683. The van der Waals surface area contributed by atoms with Crippen molar-refractivity contribution in [1.82, 2.24) is 30.0 Å². The van der Waals surface area contributed by atoms with Gasteiger partial charge in [0.05, 0.1) is 29.3 Å². The SMILES string of the molecule is CC(C)c1c2c(nn1C)COc1cnc(Nc3ccc(N4CCNCC4)cn3)nc1-2. The minimum atomic E-state index is 0.322. The summed E-state index contributed by atoms with van der Waals surface area (Å²) in [4.78, 5) is 16.1. The minimum absolute atomic E-state index is 0.322. The van der Waals surface area contributed by atoms with Gasteiger partial charge in [0, 0.05) is 33.2 Å². The largest absolute Gasteiger partial charge is 0.483 e. The molecule has 0 saturated carbocycles. The van der Waals surface area contributed by atoms with Crippen molar-refractivity contribution < 1.29 is 4.74 Å². The predicted molar refractivity (Wildman–Crippen MR) is 115 cm³/mol. The molecule has 0 unspecified atom stereocenters. The molecule has 2 aliphatic rings. The summed E-state index contributed by atoms with van der Waals surface area (Å²) in [5, 5.41) is 11.2. The number of pyridine rings is 1. The van der Waals surface area contributed by atoms with Gasteiger partial charge in [-0.1, -0.05) is 13.8 Å². The lowest BCUT2D eigenvalue weighted by atomic mass is 9.99. The molecule has 0 amide bonds. The summed E-state index contributed by atoms with van der Waals surface area (Å²) in [7, 11) is 1.97. The van der Waals surface area contributed by atoms with E-state index in [1.807, 2.05) is 24.0 Å². The Labute approximate surface area is 175 Å². The van der Waals surface area contributed by atoms with E-state index in [0.717, 1.165) is 54.5 Å². The van der Waals surface area contributed by atoms with Gasteiger partial charge >= 0.3 is 0 Å². The van der Waals surface area contributed by atoms with Gasteiger partial charge in [-0.3, -0.25) is 4.68 Å². The molecule has 0 bridgehead atoms. The maximum absolute atomic E-state index is 5.83. The molecule has 0 atom stereocenters. The topological polar surface area (TPSA) is 93.0 Å². The van der Waals surface area contributed by atoms with Gasteiger partial charge in [0.25, 0.3) is 0 Å². The van der Waals surface area contributed by atoms with Crippen molar-refractivity contribution >= 4 is 17.5 Å². The zero-order chi connectivity index (χ0) is 20.7. The Kier molecular flexibility index (Phi) is 4.74. The standard InChI is InChI=1S/C21H26N8O/c1-13(2)20-18-15(27-28(20)3)12-30-16-11-24-21(26-19(16)18)25-17-5-4-14(10-23-17)29-8-6-22-7-9-29/h4-5,10-11,13,22H,6-9,12H2,1-3H3,(H,23,24,25,26). The second-order valence-corrected chi connectivity index (χ2v) is 7.94. The summed E-state index contributed by atoms with van der Waals surface area (Å²) in [5.74, 6) is 2.21. The first-order chi connectivity index (χ1) is 14.6. The highest BCUT2D eigenvalue weighted by Crippen LogP contribution is 2.40. The molecule has 1 saturated heterocycles. The lowest BCUT2D eigenvalue weighted by Gasteiger charge is -2.29. The average molecular weight is 406 g/mol. The van der Waals surface area contributed by atoms with Crippen LogP contribution in [-0.2, 0) is 13.7 Å². The first kappa shape index (κ1) is 18.8. The van der Waals surface area contributed by atoms with Crippen molar-refractivity contribution in [3.8, 4) is 17.0 Å². The third kappa shape index (κ3) is 3.35. The van der Waals surface area contributed by atoms with Crippen molar-refractivity contribution in [1.29, 1.82) is 0 Å². The Balaban J connectivity index is 1.42. The molecule has 0 radical (unpaired) electrons. The Morgan fingerprint density at radius 1 is 1.13 bits per heavy atom. The number of fused-ring (bicyclic) bond motifs is 3. The Morgan fingerprint density at radius 3 is 2.70 bits per heavy atom. The third-order valence-corrected chi connectivity index (χ3v) is 5.54. The van der Waals surface area contributed by atoms with Crippen molar-refractivity contribution in [2.75, 3.05) is 36.4 Å². The first-order valence-corrected chi connectivity index (χ1v) is 10.3. The van der Waals surface area contributed by atoms with Crippen molar-refractivity contribution in [2.24, 2.45) is 7.05 Å². The molecule has 2 aliphatic heterocycles. The molecule has 0 spiro atoms. The summed E-state index contributed by atoms with van der Waals surface area (Å²) in [6, 6.07) is 4.05. The Bertz CT molecular complexity index is 1050. The number of anilines is 3. The molecular formula is C21H26N8O. The molecule has 3 aromatic rings. The van der Waals surface area contributed by atoms with Gasteiger partial charge in [0.2, 0.25) is 5.95 Å². The minimum Gasteiger partial charge on any atom is -0.483 e. The highest BCUT2D eigenvalue weighted by Gasteiger charge is 2.28. The van der Waals surface area contributed by atoms with Crippen LogP contribution in [0.2, 0.25) is 0 Å². The second-order valence-electron chi connectivity index (χ2n) is 7.94. The molecule has 9 nitrogen and oxygen atoms in total. The van der Waals surface area contributed by atoms with Crippen LogP contribution in [0.3, 0.4) is 0 Å². The molecule has 1 fully saturated rings. The van der Waals surface area contributed by atoms with Crippen LogP contribution in [0.15, 0.2) is 24.5 Å². The Morgan fingerprint density at radius 2 is 1.97 bits per heavy atom. The van der Waals surface area contributed by atoms with Crippen LogP contribution in [0.5, 0.6) is 5.75 Å². The van der Waals surface area contributed by atoms with E-state index in [0.29, 0.717) is 30.0 Å². The van der Waals surface area contributed by atoms with E-state index in [1.54, 1.807) is 6.20 Å². The average Bonchev–Trinajstić information content (AvgIpc) is 3.11. The van der Waals surface area contributed by atoms with Gasteiger partial charge < -0.3 is 20.3 Å². The van der Waals surface area contributed by atoms with E-state index in [-0.39, 0.29) is 0 Å². The van der Waals surface area contributed by atoms with Gasteiger partial charge in [0.1, 0.15) is 23.8 Å². The number of hydrogen-bond acceptors (Lipinski definition) is 8.